The van der Waals surface area contributed by atoms with Gasteiger partial charge >= 0.3 is 0 Å². The first-order chi connectivity index (χ1) is 13.5. The van der Waals surface area contributed by atoms with E-state index in [0.29, 0.717) is 19.8 Å². The molecule has 28 heavy (non-hydrogen) atoms. The molecular formula is C20H32N4O3S. The number of carbonyl (C=O) groups excluding carboxylic acids is 2. The van der Waals surface area contributed by atoms with Crippen molar-refractivity contribution in [3.63, 3.8) is 0 Å². The third-order valence-electron chi connectivity index (χ3n) is 5.73. The van der Waals surface area contributed by atoms with Crippen molar-refractivity contribution >= 4 is 23.2 Å². The number of ether oxygens (including phenoxy) is 1. The molecule has 0 saturated carbocycles. The quantitative estimate of drug-likeness (QED) is 0.743. The molecule has 0 unspecified atom stereocenters. The molecule has 2 aliphatic rings. The van der Waals surface area contributed by atoms with E-state index >= 15 is 0 Å². The van der Waals surface area contributed by atoms with Gasteiger partial charge in [-0.25, -0.2) is 4.98 Å². The van der Waals surface area contributed by atoms with Crippen LogP contribution in [-0.2, 0) is 20.7 Å². The minimum atomic E-state index is -0.0301. The second kappa shape index (κ2) is 10.3. The zero-order valence-electron chi connectivity index (χ0n) is 16.9. The van der Waals surface area contributed by atoms with E-state index in [4.69, 9.17) is 4.74 Å². The minimum Gasteiger partial charge on any atom is -0.381 e. The molecule has 0 radical (unpaired) electrons. The van der Waals surface area contributed by atoms with E-state index in [1.54, 1.807) is 11.3 Å². The second-order valence-electron chi connectivity index (χ2n) is 7.99. The highest BCUT2D eigenvalue weighted by atomic mass is 32.1. The highest BCUT2D eigenvalue weighted by molar-refractivity contribution is 7.09. The number of hydrogen-bond donors (Lipinski definition) is 2. The molecule has 2 fully saturated rings. The summed E-state index contributed by atoms with van der Waals surface area (Å²) in [5.41, 5.74) is 2.90. The molecule has 2 atom stereocenters. The maximum absolute atomic E-state index is 12.6. The molecule has 2 amide bonds. The second-order valence-corrected chi connectivity index (χ2v) is 8.93. The fourth-order valence-electron chi connectivity index (χ4n) is 4.03. The molecule has 0 spiro atoms. The lowest BCUT2D eigenvalue weighted by Crippen LogP contribution is -2.45. The number of hydrogen-bond acceptors (Lipinski definition) is 6. The summed E-state index contributed by atoms with van der Waals surface area (Å²) < 4.78 is 5.34. The Morgan fingerprint density at radius 3 is 2.68 bits per heavy atom. The van der Waals surface area contributed by atoms with Crippen molar-refractivity contribution < 1.29 is 14.3 Å². The number of likely N-dealkylation sites (N-methyl/N-ethyl adjacent to an activating group) is 1. The van der Waals surface area contributed by atoms with Gasteiger partial charge in [0.2, 0.25) is 11.8 Å². The third kappa shape index (κ3) is 5.99. The van der Waals surface area contributed by atoms with Gasteiger partial charge in [0.1, 0.15) is 0 Å². The third-order valence-corrected chi connectivity index (χ3v) is 6.73. The fourth-order valence-corrected chi connectivity index (χ4v) is 4.81. The predicted molar refractivity (Wildman–Crippen MR) is 109 cm³/mol. The smallest absolute Gasteiger partial charge is 0.224 e. The lowest BCUT2D eigenvalue weighted by molar-refractivity contribution is -0.128. The standard InChI is InChI=1S/C20H32N4O3S/c1-14-18(28-13-22-14)5-8-21-19(25)16-3-4-17(12-24(2)11-16)23-20(26)15-6-9-27-10-7-15/h13,15-17H,3-12H2,1-2H3,(H,21,25)(H,23,26)/t16-,17+/m1/s1. The van der Waals surface area contributed by atoms with Crippen LogP contribution in [0.15, 0.2) is 5.51 Å². The number of likely N-dealkylation sites (tertiary alicyclic amines) is 1. The Balaban J connectivity index is 1.44. The van der Waals surface area contributed by atoms with E-state index in [9.17, 15) is 9.59 Å². The highest BCUT2D eigenvalue weighted by Crippen LogP contribution is 2.19. The van der Waals surface area contributed by atoms with Gasteiger partial charge in [0.15, 0.2) is 0 Å². The first-order valence-corrected chi connectivity index (χ1v) is 11.1. The Kier molecular flexibility index (Phi) is 7.82. The normalized spacial score (nSPS) is 24.5. The monoisotopic (exact) mass is 408 g/mol. The summed E-state index contributed by atoms with van der Waals surface area (Å²) in [6, 6.07) is 0.109. The SMILES string of the molecule is Cc1ncsc1CCNC(=O)[C@@H]1CC[C@H](NC(=O)C2CCOCC2)CN(C)C1. The average molecular weight is 409 g/mol. The Bertz CT molecular complexity index is 660. The van der Waals surface area contributed by atoms with E-state index in [0.717, 1.165) is 50.9 Å². The highest BCUT2D eigenvalue weighted by Gasteiger charge is 2.29. The van der Waals surface area contributed by atoms with Crippen molar-refractivity contribution in [1.29, 1.82) is 0 Å². The summed E-state index contributed by atoms with van der Waals surface area (Å²) >= 11 is 1.64. The van der Waals surface area contributed by atoms with Crippen molar-refractivity contribution in [3.05, 3.63) is 16.1 Å². The molecule has 8 heteroatoms. The van der Waals surface area contributed by atoms with Crippen molar-refractivity contribution in [2.45, 2.75) is 45.1 Å². The number of thiazole rings is 1. The van der Waals surface area contributed by atoms with E-state index in [-0.39, 0.29) is 29.7 Å². The number of nitrogens with zero attached hydrogens (tertiary/aromatic N) is 2. The van der Waals surface area contributed by atoms with E-state index in [1.165, 1.54) is 4.88 Å². The van der Waals surface area contributed by atoms with Gasteiger partial charge in [-0.3, -0.25) is 9.59 Å². The molecule has 7 nitrogen and oxygen atoms in total. The zero-order valence-corrected chi connectivity index (χ0v) is 17.7. The van der Waals surface area contributed by atoms with Gasteiger partial charge < -0.3 is 20.3 Å². The number of rotatable bonds is 6. The van der Waals surface area contributed by atoms with Gasteiger partial charge in [-0.1, -0.05) is 0 Å². The molecule has 2 N–H and O–H groups in total. The Morgan fingerprint density at radius 2 is 1.96 bits per heavy atom. The van der Waals surface area contributed by atoms with Crippen LogP contribution < -0.4 is 10.6 Å². The summed E-state index contributed by atoms with van der Waals surface area (Å²) in [5, 5.41) is 6.30. The molecule has 0 bridgehead atoms. The summed E-state index contributed by atoms with van der Waals surface area (Å²) in [6.07, 6.45) is 4.08. The fraction of sp³-hybridized carbons (Fsp3) is 0.750. The number of nitrogens with one attached hydrogen (secondary N) is 2. The zero-order chi connectivity index (χ0) is 19.9. The summed E-state index contributed by atoms with van der Waals surface area (Å²) in [7, 11) is 2.03. The number of aromatic nitrogens is 1. The lowest BCUT2D eigenvalue weighted by Gasteiger charge is -2.26. The van der Waals surface area contributed by atoms with Gasteiger partial charge in [0, 0.05) is 56.1 Å². The Hall–Kier alpha value is -1.51. The molecule has 3 rings (SSSR count). The van der Waals surface area contributed by atoms with Crippen LogP contribution in [-0.4, -0.2) is 67.6 Å². The lowest BCUT2D eigenvalue weighted by atomic mass is 9.97. The van der Waals surface area contributed by atoms with Crippen LogP contribution in [0.3, 0.4) is 0 Å². The van der Waals surface area contributed by atoms with Gasteiger partial charge in [0.05, 0.1) is 17.1 Å². The Morgan fingerprint density at radius 1 is 1.18 bits per heavy atom. The molecule has 156 valence electrons. The van der Waals surface area contributed by atoms with Crippen LogP contribution in [0.4, 0.5) is 0 Å². The van der Waals surface area contributed by atoms with Crippen molar-refractivity contribution in [2.75, 3.05) is 39.9 Å². The van der Waals surface area contributed by atoms with Crippen LogP contribution in [0.25, 0.3) is 0 Å². The number of amides is 2. The maximum atomic E-state index is 12.6. The molecular weight excluding hydrogens is 376 g/mol. The topological polar surface area (TPSA) is 83.6 Å². The maximum Gasteiger partial charge on any atom is 0.224 e. The average Bonchev–Trinajstić information content (AvgIpc) is 3.00. The van der Waals surface area contributed by atoms with Gasteiger partial charge in [-0.2, -0.15) is 0 Å². The number of carbonyl (C=O) groups is 2. The van der Waals surface area contributed by atoms with Gasteiger partial charge in [-0.05, 0) is 39.7 Å². The summed E-state index contributed by atoms with van der Waals surface area (Å²) in [5.74, 6) is 0.295. The summed E-state index contributed by atoms with van der Waals surface area (Å²) in [4.78, 5) is 32.8. The van der Waals surface area contributed by atoms with Crippen molar-refractivity contribution in [2.24, 2.45) is 11.8 Å². The van der Waals surface area contributed by atoms with E-state index in [1.807, 2.05) is 19.5 Å². The van der Waals surface area contributed by atoms with Crippen molar-refractivity contribution in [1.82, 2.24) is 20.5 Å². The van der Waals surface area contributed by atoms with Crippen LogP contribution in [0.2, 0.25) is 0 Å². The minimum absolute atomic E-state index is 0.0301. The molecule has 1 aromatic heterocycles. The molecule has 3 heterocycles. The van der Waals surface area contributed by atoms with Crippen LogP contribution in [0, 0.1) is 18.8 Å². The van der Waals surface area contributed by atoms with Crippen molar-refractivity contribution in [3.8, 4) is 0 Å². The molecule has 1 aromatic rings. The molecule has 2 aliphatic heterocycles. The van der Waals surface area contributed by atoms with E-state index in [2.05, 4.69) is 20.5 Å². The Labute approximate surface area is 171 Å². The molecule has 0 aromatic carbocycles. The van der Waals surface area contributed by atoms with Crippen LogP contribution >= 0.6 is 11.3 Å². The van der Waals surface area contributed by atoms with Gasteiger partial charge in [0.25, 0.3) is 0 Å². The number of aryl methyl sites for hydroxylation is 1. The largest absolute Gasteiger partial charge is 0.381 e. The molecule has 2 saturated heterocycles. The first-order valence-electron chi connectivity index (χ1n) is 10.3. The van der Waals surface area contributed by atoms with E-state index < -0.39 is 0 Å². The van der Waals surface area contributed by atoms with Crippen LogP contribution in [0.5, 0.6) is 0 Å². The van der Waals surface area contributed by atoms with Gasteiger partial charge in [-0.15, -0.1) is 11.3 Å². The summed E-state index contributed by atoms with van der Waals surface area (Å²) in [6.45, 7) is 5.51. The van der Waals surface area contributed by atoms with Crippen LogP contribution in [0.1, 0.15) is 36.3 Å². The predicted octanol–water partition coefficient (Wildman–Crippen LogP) is 1.36. The first kappa shape index (κ1) is 21.2. The molecule has 0 aliphatic carbocycles.